The van der Waals surface area contributed by atoms with Gasteiger partial charge in [-0.1, -0.05) is 36.4 Å². The van der Waals surface area contributed by atoms with Crippen LogP contribution >= 0.6 is 0 Å². The number of hydrogen-bond acceptors (Lipinski definition) is 4. The first-order valence-corrected chi connectivity index (χ1v) is 6.29. The van der Waals surface area contributed by atoms with E-state index >= 15 is 0 Å². The zero-order valence-electron chi connectivity index (χ0n) is 11.0. The summed E-state index contributed by atoms with van der Waals surface area (Å²) >= 11 is 0. The van der Waals surface area contributed by atoms with Gasteiger partial charge in [-0.05, 0) is 19.1 Å². The highest BCUT2D eigenvalue weighted by molar-refractivity contribution is 6.00. The number of ketones is 1. The van der Waals surface area contributed by atoms with E-state index in [1.165, 1.54) is 6.92 Å². The monoisotopic (exact) mass is 263 g/mol. The van der Waals surface area contributed by atoms with Gasteiger partial charge in [0.1, 0.15) is 5.82 Å². The number of carbonyl (C=O) groups is 1. The molecule has 1 aromatic heterocycles. The third-order valence-electron chi connectivity index (χ3n) is 3.18. The van der Waals surface area contributed by atoms with Crippen molar-refractivity contribution in [1.82, 2.24) is 9.97 Å². The minimum absolute atomic E-state index is 0.0177. The molecule has 20 heavy (non-hydrogen) atoms. The summed E-state index contributed by atoms with van der Waals surface area (Å²) in [6, 6.07) is 14.8. The zero-order chi connectivity index (χ0) is 14.1. The van der Waals surface area contributed by atoms with E-state index in [4.69, 9.17) is 5.73 Å². The Morgan fingerprint density at radius 2 is 1.70 bits per heavy atom. The molecule has 0 saturated carbocycles. The fourth-order valence-corrected chi connectivity index (χ4v) is 2.21. The smallest absolute Gasteiger partial charge is 0.162 e. The third-order valence-corrected chi connectivity index (χ3v) is 3.18. The molecule has 0 aliphatic rings. The summed E-state index contributed by atoms with van der Waals surface area (Å²) in [6.45, 7) is 1.53. The Morgan fingerprint density at radius 3 is 2.50 bits per heavy atom. The van der Waals surface area contributed by atoms with Crippen molar-refractivity contribution in [2.24, 2.45) is 0 Å². The van der Waals surface area contributed by atoms with Crippen LogP contribution in [-0.4, -0.2) is 15.8 Å². The van der Waals surface area contributed by atoms with Crippen LogP contribution in [0.4, 0.5) is 5.82 Å². The van der Waals surface area contributed by atoms with Crippen LogP contribution < -0.4 is 5.73 Å². The SMILES string of the molecule is CC(=O)c1ccccc1-c1nc(N)c2ccccc2n1. The first-order chi connectivity index (χ1) is 9.66. The summed E-state index contributed by atoms with van der Waals surface area (Å²) in [5.41, 5.74) is 8.06. The van der Waals surface area contributed by atoms with Crippen LogP contribution in [0.15, 0.2) is 48.5 Å². The number of aromatic nitrogens is 2. The number of rotatable bonds is 2. The first kappa shape index (κ1) is 12.3. The lowest BCUT2D eigenvalue weighted by atomic mass is 10.0. The Labute approximate surface area is 116 Å². The molecule has 0 fully saturated rings. The second-order valence-electron chi connectivity index (χ2n) is 4.55. The highest BCUT2D eigenvalue weighted by Crippen LogP contribution is 2.25. The van der Waals surface area contributed by atoms with Gasteiger partial charge in [-0.25, -0.2) is 9.97 Å². The van der Waals surface area contributed by atoms with Crippen molar-refractivity contribution in [3.05, 3.63) is 54.1 Å². The van der Waals surface area contributed by atoms with Gasteiger partial charge in [0.2, 0.25) is 0 Å². The fourth-order valence-electron chi connectivity index (χ4n) is 2.21. The molecule has 0 radical (unpaired) electrons. The minimum atomic E-state index is -0.0177. The topological polar surface area (TPSA) is 68.9 Å². The lowest BCUT2D eigenvalue weighted by Gasteiger charge is -2.08. The molecule has 4 nitrogen and oxygen atoms in total. The average Bonchev–Trinajstić information content (AvgIpc) is 2.47. The second-order valence-corrected chi connectivity index (χ2v) is 4.55. The molecule has 2 N–H and O–H groups in total. The number of Topliss-reactive ketones (excluding diaryl/α,β-unsaturated/α-hetero) is 1. The van der Waals surface area contributed by atoms with Crippen LogP contribution in [-0.2, 0) is 0 Å². The number of nitrogens with two attached hydrogens (primary N) is 1. The molecule has 98 valence electrons. The Balaban J connectivity index is 2.28. The van der Waals surface area contributed by atoms with E-state index in [0.29, 0.717) is 22.8 Å². The molecule has 1 heterocycles. The van der Waals surface area contributed by atoms with Crippen molar-refractivity contribution in [3.63, 3.8) is 0 Å². The standard InChI is InChI=1S/C16H13N3O/c1-10(20)11-6-2-3-7-12(11)16-18-14-9-5-4-8-13(14)15(17)19-16/h2-9H,1H3,(H2,17,18,19). The third kappa shape index (κ3) is 2.01. The molecule has 0 spiro atoms. The maximum atomic E-state index is 11.7. The highest BCUT2D eigenvalue weighted by atomic mass is 16.1. The van der Waals surface area contributed by atoms with Gasteiger partial charge >= 0.3 is 0 Å². The summed E-state index contributed by atoms with van der Waals surface area (Å²) in [7, 11) is 0. The summed E-state index contributed by atoms with van der Waals surface area (Å²) in [5.74, 6) is 0.881. The van der Waals surface area contributed by atoms with Gasteiger partial charge < -0.3 is 5.73 Å². The Hall–Kier alpha value is -2.75. The molecular formula is C16H13N3O. The van der Waals surface area contributed by atoms with Crippen LogP contribution in [0.1, 0.15) is 17.3 Å². The number of nitrogen functional groups attached to an aromatic ring is 1. The summed E-state index contributed by atoms with van der Waals surface area (Å²) in [6.07, 6.45) is 0. The normalized spacial score (nSPS) is 10.7. The molecule has 0 bridgehead atoms. The van der Waals surface area contributed by atoms with Gasteiger partial charge in [-0.15, -0.1) is 0 Å². The number of anilines is 1. The summed E-state index contributed by atoms with van der Waals surface area (Å²) < 4.78 is 0. The highest BCUT2D eigenvalue weighted by Gasteiger charge is 2.12. The number of hydrogen-bond donors (Lipinski definition) is 1. The van der Waals surface area contributed by atoms with Crippen LogP contribution in [0.5, 0.6) is 0 Å². The average molecular weight is 263 g/mol. The van der Waals surface area contributed by atoms with E-state index in [-0.39, 0.29) is 5.78 Å². The maximum Gasteiger partial charge on any atom is 0.162 e. The van der Waals surface area contributed by atoms with Crippen LogP contribution in [0.25, 0.3) is 22.3 Å². The number of nitrogens with zero attached hydrogens (tertiary/aromatic N) is 2. The number of para-hydroxylation sites is 1. The minimum Gasteiger partial charge on any atom is -0.383 e. The summed E-state index contributed by atoms with van der Waals surface area (Å²) in [5, 5.41) is 0.816. The van der Waals surface area contributed by atoms with Crippen molar-refractivity contribution >= 4 is 22.5 Å². The van der Waals surface area contributed by atoms with Crippen LogP contribution in [0, 0.1) is 0 Å². The largest absolute Gasteiger partial charge is 0.383 e. The van der Waals surface area contributed by atoms with E-state index in [0.717, 1.165) is 10.9 Å². The van der Waals surface area contributed by atoms with Crippen molar-refractivity contribution in [2.45, 2.75) is 6.92 Å². The van der Waals surface area contributed by atoms with Gasteiger partial charge in [0.25, 0.3) is 0 Å². The first-order valence-electron chi connectivity index (χ1n) is 6.29. The maximum absolute atomic E-state index is 11.7. The van der Waals surface area contributed by atoms with Gasteiger partial charge in [0, 0.05) is 16.5 Å². The van der Waals surface area contributed by atoms with E-state index in [1.807, 2.05) is 42.5 Å². The van der Waals surface area contributed by atoms with Crippen LogP contribution in [0.2, 0.25) is 0 Å². The van der Waals surface area contributed by atoms with Crippen molar-refractivity contribution < 1.29 is 4.79 Å². The predicted octanol–water partition coefficient (Wildman–Crippen LogP) is 3.08. The molecule has 3 rings (SSSR count). The van der Waals surface area contributed by atoms with Crippen molar-refractivity contribution in [1.29, 1.82) is 0 Å². The van der Waals surface area contributed by atoms with Gasteiger partial charge in [-0.2, -0.15) is 0 Å². The molecule has 0 unspecified atom stereocenters. The summed E-state index contributed by atoms with van der Waals surface area (Å²) in [4.78, 5) is 20.5. The molecule has 2 aromatic carbocycles. The van der Waals surface area contributed by atoms with Crippen LogP contribution in [0.3, 0.4) is 0 Å². The van der Waals surface area contributed by atoms with E-state index in [9.17, 15) is 4.79 Å². The molecule has 4 heteroatoms. The molecule has 0 saturated heterocycles. The van der Waals surface area contributed by atoms with Crippen molar-refractivity contribution in [2.75, 3.05) is 5.73 Å². The zero-order valence-corrected chi connectivity index (χ0v) is 11.0. The molecule has 0 aliphatic heterocycles. The quantitative estimate of drug-likeness (QED) is 0.721. The molecule has 3 aromatic rings. The number of carbonyl (C=O) groups excluding carboxylic acids is 1. The molecule has 0 amide bonds. The lowest BCUT2D eigenvalue weighted by molar-refractivity contribution is 0.101. The van der Waals surface area contributed by atoms with Gasteiger partial charge in [0.15, 0.2) is 11.6 Å². The second kappa shape index (κ2) is 4.74. The molecular weight excluding hydrogens is 250 g/mol. The Morgan fingerprint density at radius 1 is 1.00 bits per heavy atom. The van der Waals surface area contributed by atoms with Gasteiger partial charge in [0.05, 0.1) is 5.52 Å². The van der Waals surface area contributed by atoms with E-state index in [2.05, 4.69) is 9.97 Å². The Kier molecular flexibility index (Phi) is 2.91. The Bertz CT molecular complexity index is 812. The molecule has 0 atom stereocenters. The molecule has 0 aliphatic carbocycles. The van der Waals surface area contributed by atoms with E-state index < -0.39 is 0 Å². The van der Waals surface area contributed by atoms with Crippen molar-refractivity contribution in [3.8, 4) is 11.4 Å². The lowest BCUT2D eigenvalue weighted by Crippen LogP contribution is -2.02. The van der Waals surface area contributed by atoms with E-state index in [1.54, 1.807) is 6.07 Å². The number of fused-ring (bicyclic) bond motifs is 1. The number of benzene rings is 2. The predicted molar refractivity (Wildman–Crippen MR) is 79.4 cm³/mol. The fraction of sp³-hybridized carbons (Fsp3) is 0.0625. The van der Waals surface area contributed by atoms with Gasteiger partial charge in [-0.3, -0.25) is 4.79 Å².